The third kappa shape index (κ3) is 4.99. The Bertz CT molecular complexity index is 514. The molecule has 0 atom stereocenters. The van der Waals surface area contributed by atoms with Gasteiger partial charge in [-0.05, 0) is 49.7 Å². The van der Waals surface area contributed by atoms with E-state index in [0.717, 1.165) is 0 Å². The van der Waals surface area contributed by atoms with Crippen molar-refractivity contribution in [2.75, 3.05) is 13.2 Å². The number of rotatable bonds is 6. The first-order chi connectivity index (χ1) is 11.8. The minimum absolute atomic E-state index is 0.236. The van der Waals surface area contributed by atoms with E-state index < -0.39 is 0 Å². The molecule has 3 heteroatoms. The van der Waals surface area contributed by atoms with E-state index >= 15 is 0 Å². The van der Waals surface area contributed by atoms with Crippen LogP contribution < -0.4 is 4.74 Å². The number of ether oxygens (including phenoxy) is 2. The van der Waals surface area contributed by atoms with Crippen LogP contribution in [0.1, 0.15) is 74.6 Å². The molecule has 1 aromatic rings. The fraction of sp³-hybridized carbons (Fsp3) is 0.667. The molecule has 0 aromatic heterocycles. The lowest BCUT2D eigenvalue weighted by molar-refractivity contribution is 0.0404. The van der Waals surface area contributed by atoms with Gasteiger partial charge >= 0.3 is 5.97 Å². The number of hydrogen-bond acceptors (Lipinski definition) is 3. The monoisotopic (exact) mass is 330 g/mol. The van der Waals surface area contributed by atoms with Crippen LogP contribution in [0.4, 0.5) is 0 Å². The van der Waals surface area contributed by atoms with E-state index in [0.29, 0.717) is 36.4 Å². The molecule has 24 heavy (non-hydrogen) atoms. The Balaban J connectivity index is 1.52. The third-order valence-corrected chi connectivity index (χ3v) is 5.48. The molecule has 0 heterocycles. The minimum atomic E-state index is -0.236. The molecule has 0 radical (unpaired) electrons. The molecule has 0 N–H and O–H groups in total. The molecule has 2 saturated carbocycles. The first-order valence-corrected chi connectivity index (χ1v) is 9.72. The van der Waals surface area contributed by atoms with Gasteiger partial charge in [0, 0.05) is 0 Å². The van der Waals surface area contributed by atoms with Crippen LogP contribution in [0.2, 0.25) is 0 Å². The van der Waals surface area contributed by atoms with Gasteiger partial charge in [0.25, 0.3) is 0 Å². The SMILES string of the molecule is O=C(OCC1CCCCC1)c1ccccc1OCC1CCCCC1. The molecule has 0 bridgehead atoms. The highest BCUT2D eigenvalue weighted by Crippen LogP contribution is 2.27. The number of carbonyl (C=O) groups is 1. The van der Waals surface area contributed by atoms with Crippen molar-refractivity contribution in [1.29, 1.82) is 0 Å². The van der Waals surface area contributed by atoms with Crippen LogP contribution in [0.5, 0.6) is 5.75 Å². The molecule has 0 spiro atoms. The van der Waals surface area contributed by atoms with Gasteiger partial charge in [0.15, 0.2) is 0 Å². The Kier molecular flexibility index (Phi) is 6.57. The van der Waals surface area contributed by atoms with Crippen molar-refractivity contribution >= 4 is 5.97 Å². The maximum Gasteiger partial charge on any atom is 0.341 e. The first-order valence-electron chi connectivity index (χ1n) is 9.72. The van der Waals surface area contributed by atoms with Gasteiger partial charge in [-0.1, -0.05) is 50.7 Å². The standard InChI is InChI=1S/C21H30O3/c22-21(24-16-18-11-5-2-6-12-18)19-13-7-8-14-20(19)23-15-17-9-3-1-4-10-17/h7-8,13-14,17-18H,1-6,9-12,15-16H2. The highest BCUT2D eigenvalue weighted by molar-refractivity contribution is 5.92. The van der Waals surface area contributed by atoms with E-state index in [9.17, 15) is 4.79 Å². The Morgan fingerprint density at radius 1 is 0.833 bits per heavy atom. The summed E-state index contributed by atoms with van der Waals surface area (Å²) in [5.41, 5.74) is 0.573. The maximum atomic E-state index is 12.5. The summed E-state index contributed by atoms with van der Waals surface area (Å²) in [6.45, 7) is 1.27. The molecule has 1 aromatic carbocycles. The quantitative estimate of drug-likeness (QED) is 0.657. The molecule has 0 saturated heterocycles. The van der Waals surface area contributed by atoms with Gasteiger partial charge in [0.2, 0.25) is 0 Å². The Hall–Kier alpha value is -1.51. The van der Waals surface area contributed by atoms with E-state index in [2.05, 4.69) is 0 Å². The molecule has 0 amide bonds. The number of hydrogen-bond donors (Lipinski definition) is 0. The maximum absolute atomic E-state index is 12.5. The summed E-state index contributed by atoms with van der Waals surface area (Å²) in [6, 6.07) is 7.51. The fourth-order valence-electron chi connectivity index (χ4n) is 3.95. The molecule has 0 aliphatic heterocycles. The molecule has 2 aliphatic carbocycles. The predicted octanol–water partition coefficient (Wildman–Crippen LogP) is 5.38. The van der Waals surface area contributed by atoms with Crippen LogP contribution in [-0.4, -0.2) is 19.2 Å². The molecular formula is C21H30O3. The van der Waals surface area contributed by atoms with Gasteiger partial charge in [0.05, 0.1) is 13.2 Å². The second-order valence-corrected chi connectivity index (χ2v) is 7.41. The van der Waals surface area contributed by atoms with Crippen molar-refractivity contribution in [3.05, 3.63) is 29.8 Å². The van der Waals surface area contributed by atoms with Crippen LogP contribution >= 0.6 is 0 Å². The van der Waals surface area contributed by atoms with Crippen molar-refractivity contribution in [2.45, 2.75) is 64.2 Å². The Labute approximate surface area is 145 Å². The highest BCUT2D eigenvalue weighted by atomic mass is 16.5. The van der Waals surface area contributed by atoms with Gasteiger partial charge < -0.3 is 9.47 Å². The molecular weight excluding hydrogens is 300 g/mol. The normalized spacial score (nSPS) is 19.8. The Morgan fingerprint density at radius 2 is 1.42 bits per heavy atom. The van der Waals surface area contributed by atoms with Gasteiger partial charge in [-0.25, -0.2) is 4.79 Å². The summed E-state index contributed by atoms with van der Waals surface area (Å²) in [6.07, 6.45) is 12.7. The van der Waals surface area contributed by atoms with Crippen molar-refractivity contribution in [3.63, 3.8) is 0 Å². The van der Waals surface area contributed by atoms with Gasteiger partial charge in [-0.2, -0.15) is 0 Å². The van der Waals surface area contributed by atoms with Gasteiger partial charge in [0.1, 0.15) is 11.3 Å². The lowest BCUT2D eigenvalue weighted by Crippen LogP contribution is -2.19. The average molecular weight is 330 g/mol. The summed E-state index contributed by atoms with van der Waals surface area (Å²) in [5.74, 6) is 1.61. The largest absolute Gasteiger partial charge is 0.492 e. The average Bonchev–Trinajstić information content (AvgIpc) is 2.66. The topological polar surface area (TPSA) is 35.5 Å². The van der Waals surface area contributed by atoms with E-state index in [1.165, 1.54) is 64.2 Å². The van der Waals surface area contributed by atoms with Gasteiger partial charge in [-0.15, -0.1) is 0 Å². The zero-order valence-electron chi connectivity index (χ0n) is 14.7. The second-order valence-electron chi connectivity index (χ2n) is 7.41. The number of esters is 1. The van der Waals surface area contributed by atoms with Crippen LogP contribution in [-0.2, 0) is 4.74 Å². The summed E-state index contributed by atoms with van der Waals surface area (Å²) < 4.78 is 11.6. The molecule has 3 nitrogen and oxygen atoms in total. The lowest BCUT2D eigenvalue weighted by Gasteiger charge is -2.23. The molecule has 2 fully saturated rings. The zero-order chi connectivity index (χ0) is 16.6. The van der Waals surface area contributed by atoms with Crippen molar-refractivity contribution in [2.24, 2.45) is 11.8 Å². The van der Waals surface area contributed by atoms with E-state index in [4.69, 9.17) is 9.47 Å². The predicted molar refractivity (Wildman–Crippen MR) is 95.4 cm³/mol. The lowest BCUT2D eigenvalue weighted by atomic mass is 9.90. The molecule has 2 aliphatic rings. The highest BCUT2D eigenvalue weighted by Gasteiger charge is 2.20. The second kappa shape index (κ2) is 9.10. The van der Waals surface area contributed by atoms with Gasteiger partial charge in [-0.3, -0.25) is 0 Å². The van der Waals surface area contributed by atoms with Crippen LogP contribution in [0.3, 0.4) is 0 Å². The fourth-order valence-corrected chi connectivity index (χ4v) is 3.95. The summed E-state index contributed by atoms with van der Waals surface area (Å²) >= 11 is 0. The van der Waals surface area contributed by atoms with Crippen molar-refractivity contribution < 1.29 is 14.3 Å². The molecule has 0 unspecified atom stereocenters. The Morgan fingerprint density at radius 3 is 2.08 bits per heavy atom. The molecule has 132 valence electrons. The van der Waals surface area contributed by atoms with E-state index in [1.54, 1.807) is 0 Å². The number of carbonyl (C=O) groups excluding carboxylic acids is 1. The van der Waals surface area contributed by atoms with Crippen LogP contribution in [0.25, 0.3) is 0 Å². The van der Waals surface area contributed by atoms with Crippen molar-refractivity contribution in [1.82, 2.24) is 0 Å². The zero-order valence-corrected chi connectivity index (χ0v) is 14.7. The van der Waals surface area contributed by atoms with E-state index in [-0.39, 0.29) is 5.97 Å². The summed E-state index contributed by atoms with van der Waals surface area (Å²) in [5, 5.41) is 0. The number of benzene rings is 1. The van der Waals surface area contributed by atoms with E-state index in [1.807, 2.05) is 24.3 Å². The third-order valence-electron chi connectivity index (χ3n) is 5.48. The summed E-state index contributed by atoms with van der Waals surface area (Å²) in [7, 11) is 0. The van der Waals surface area contributed by atoms with Crippen molar-refractivity contribution in [3.8, 4) is 5.75 Å². The van der Waals surface area contributed by atoms with Crippen LogP contribution in [0, 0.1) is 11.8 Å². The van der Waals surface area contributed by atoms with Crippen LogP contribution in [0.15, 0.2) is 24.3 Å². The number of para-hydroxylation sites is 1. The smallest absolute Gasteiger partial charge is 0.341 e. The first kappa shape index (κ1) is 17.3. The summed E-state index contributed by atoms with van der Waals surface area (Å²) in [4.78, 5) is 12.5. The molecule has 3 rings (SSSR count). The minimum Gasteiger partial charge on any atom is -0.492 e.